The topological polar surface area (TPSA) is 71.5 Å². The monoisotopic (exact) mass is 446 g/mol. The van der Waals surface area contributed by atoms with Gasteiger partial charge in [0.1, 0.15) is 11.5 Å². The van der Waals surface area contributed by atoms with Gasteiger partial charge < -0.3 is 15.2 Å². The van der Waals surface area contributed by atoms with Crippen LogP contribution in [-0.4, -0.2) is 28.6 Å². The van der Waals surface area contributed by atoms with E-state index in [9.17, 15) is 9.90 Å². The maximum Gasteiger partial charge on any atom is 0.251 e. The van der Waals surface area contributed by atoms with Gasteiger partial charge in [0, 0.05) is 23.7 Å². The molecule has 1 amide bonds. The molecule has 5 nitrogen and oxygen atoms in total. The van der Waals surface area contributed by atoms with Gasteiger partial charge in [-0.05, 0) is 66.9 Å². The van der Waals surface area contributed by atoms with Crippen molar-refractivity contribution in [2.24, 2.45) is 0 Å². The molecule has 2 N–H and O–H groups in total. The zero-order chi connectivity index (χ0) is 22.7. The number of aliphatic hydroxyl groups excluding tert-OH is 1. The van der Waals surface area contributed by atoms with Crippen LogP contribution in [0.3, 0.4) is 0 Å². The molecule has 1 unspecified atom stereocenters. The third-order valence-corrected chi connectivity index (χ3v) is 5.36. The summed E-state index contributed by atoms with van der Waals surface area (Å²) < 4.78 is 6.06. The molecular formula is C26H23ClN2O3. The number of amides is 1. The molecule has 1 aromatic heterocycles. The molecule has 0 aliphatic rings. The Bertz CT molecular complexity index is 1290. The van der Waals surface area contributed by atoms with Gasteiger partial charge in [-0.25, -0.2) is 0 Å². The average Bonchev–Trinajstić information content (AvgIpc) is 2.78. The minimum atomic E-state index is -0.608. The highest BCUT2D eigenvalue weighted by Crippen LogP contribution is 2.35. The molecule has 6 heteroatoms. The molecule has 1 heterocycles. The lowest BCUT2D eigenvalue weighted by Crippen LogP contribution is -2.30. The standard InChI is InChI=1S/C26H23ClN2O3/c1-16-14-28-25-22(10-5-11-23(25)27)24(16)18-6-3-8-20(12-18)32-21-9-4-7-19(13-21)26(31)29-15-17(2)30/h3-14,17,30H,15H2,1-2H3,(H,29,31). The highest BCUT2D eigenvalue weighted by molar-refractivity contribution is 6.35. The highest BCUT2D eigenvalue weighted by atomic mass is 35.5. The molecule has 0 saturated heterocycles. The Labute approximate surface area is 191 Å². The van der Waals surface area contributed by atoms with Crippen LogP contribution in [-0.2, 0) is 0 Å². The van der Waals surface area contributed by atoms with Crippen LogP contribution in [0.2, 0.25) is 5.02 Å². The summed E-state index contributed by atoms with van der Waals surface area (Å²) in [6.07, 6.45) is 1.22. The number of carbonyl (C=O) groups is 1. The lowest BCUT2D eigenvalue weighted by atomic mass is 9.97. The molecule has 0 aliphatic carbocycles. The Balaban J connectivity index is 1.64. The first-order chi connectivity index (χ1) is 15.4. The third kappa shape index (κ3) is 4.74. The number of fused-ring (bicyclic) bond motifs is 1. The predicted octanol–water partition coefficient (Wildman–Crippen LogP) is 5.77. The molecule has 0 aliphatic heterocycles. The summed E-state index contributed by atoms with van der Waals surface area (Å²) in [7, 11) is 0. The zero-order valence-electron chi connectivity index (χ0n) is 17.8. The molecule has 0 fully saturated rings. The van der Waals surface area contributed by atoms with Crippen molar-refractivity contribution in [2.45, 2.75) is 20.0 Å². The van der Waals surface area contributed by atoms with Crippen LogP contribution >= 0.6 is 11.6 Å². The van der Waals surface area contributed by atoms with E-state index < -0.39 is 6.10 Å². The largest absolute Gasteiger partial charge is 0.457 e. The van der Waals surface area contributed by atoms with Gasteiger partial charge in [0.25, 0.3) is 5.91 Å². The van der Waals surface area contributed by atoms with Gasteiger partial charge in [-0.3, -0.25) is 9.78 Å². The fourth-order valence-corrected chi connectivity index (χ4v) is 3.79. The van der Waals surface area contributed by atoms with Crippen LogP contribution in [0.25, 0.3) is 22.0 Å². The SMILES string of the molecule is Cc1cnc2c(Cl)cccc2c1-c1cccc(Oc2cccc(C(=O)NCC(C)O)c2)c1. The Morgan fingerprint density at radius 2 is 1.81 bits per heavy atom. The number of aromatic nitrogens is 1. The number of nitrogens with one attached hydrogen (secondary N) is 1. The fourth-order valence-electron chi connectivity index (χ4n) is 3.56. The Kier molecular flexibility index (Phi) is 6.40. The van der Waals surface area contributed by atoms with Crippen LogP contribution in [0.5, 0.6) is 11.5 Å². The van der Waals surface area contributed by atoms with Crippen molar-refractivity contribution >= 4 is 28.4 Å². The number of ether oxygens (including phenoxy) is 1. The van der Waals surface area contributed by atoms with Gasteiger partial charge in [0.2, 0.25) is 0 Å². The first-order valence-electron chi connectivity index (χ1n) is 10.3. The maximum absolute atomic E-state index is 12.3. The van der Waals surface area contributed by atoms with Crippen molar-refractivity contribution in [3.63, 3.8) is 0 Å². The normalized spacial score (nSPS) is 11.9. The van der Waals surface area contributed by atoms with Crippen molar-refractivity contribution < 1.29 is 14.6 Å². The van der Waals surface area contributed by atoms with Gasteiger partial charge in [-0.15, -0.1) is 0 Å². The molecule has 4 rings (SSSR count). The lowest BCUT2D eigenvalue weighted by molar-refractivity contribution is 0.0923. The van der Waals surface area contributed by atoms with E-state index in [0.29, 0.717) is 22.1 Å². The van der Waals surface area contributed by atoms with Crippen LogP contribution in [0, 0.1) is 6.92 Å². The number of hydrogen-bond acceptors (Lipinski definition) is 4. The summed E-state index contributed by atoms with van der Waals surface area (Å²) in [5.41, 5.74) is 4.30. The Hall–Kier alpha value is -3.41. The number of hydrogen-bond donors (Lipinski definition) is 2. The molecule has 0 saturated carbocycles. The zero-order valence-corrected chi connectivity index (χ0v) is 18.6. The quantitative estimate of drug-likeness (QED) is 0.394. The highest BCUT2D eigenvalue weighted by Gasteiger charge is 2.12. The third-order valence-electron chi connectivity index (χ3n) is 5.05. The molecule has 3 aromatic carbocycles. The number of nitrogens with zero attached hydrogens (tertiary/aromatic N) is 1. The summed E-state index contributed by atoms with van der Waals surface area (Å²) in [5, 5.41) is 13.6. The van der Waals surface area contributed by atoms with E-state index >= 15 is 0 Å². The summed E-state index contributed by atoms with van der Waals surface area (Å²) in [5.74, 6) is 0.933. The summed E-state index contributed by atoms with van der Waals surface area (Å²) >= 11 is 6.35. The van der Waals surface area contributed by atoms with Crippen LogP contribution in [0.15, 0.2) is 72.9 Å². The van der Waals surface area contributed by atoms with E-state index in [1.807, 2.05) is 55.6 Å². The van der Waals surface area contributed by atoms with Gasteiger partial charge in [-0.1, -0.05) is 41.9 Å². The van der Waals surface area contributed by atoms with E-state index in [2.05, 4.69) is 10.3 Å². The second kappa shape index (κ2) is 9.39. The smallest absolute Gasteiger partial charge is 0.251 e. The lowest BCUT2D eigenvalue weighted by Gasteiger charge is -2.13. The molecular weight excluding hydrogens is 424 g/mol. The van der Waals surface area contributed by atoms with Crippen molar-refractivity contribution in [3.8, 4) is 22.6 Å². The second-order valence-corrected chi connectivity index (χ2v) is 8.08. The predicted molar refractivity (Wildman–Crippen MR) is 127 cm³/mol. The van der Waals surface area contributed by atoms with Crippen molar-refractivity contribution in [3.05, 3.63) is 89.1 Å². The number of carbonyl (C=O) groups excluding carboxylic acids is 1. The minimum absolute atomic E-state index is 0.190. The van der Waals surface area contributed by atoms with Crippen molar-refractivity contribution in [1.82, 2.24) is 10.3 Å². The van der Waals surface area contributed by atoms with Crippen LogP contribution < -0.4 is 10.1 Å². The number of para-hydroxylation sites is 1. The van der Waals surface area contributed by atoms with E-state index in [1.165, 1.54) is 0 Å². The van der Waals surface area contributed by atoms with Crippen LogP contribution in [0.1, 0.15) is 22.8 Å². The number of aryl methyl sites for hydroxylation is 1. The van der Waals surface area contributed by atoms with Crippen molar-refractivity contribution in [1.29, 1.82) is 0 Å². The number of halogens is 1. The number of benzene rings is 3. The molecule has 0 spiro atoms. The summed E-state index contributed by atoms with van der Waals surface area (Å²) in [6, 6.07) is 20.5. The second-order valence-electron chi connectivity index (χ2n) is 7.67. The molecule has 32 heavy (non-hydrogen) atoms. The van der Waals surface area contributed by atoms with E-state index in [4.69, 9.17) is 16.3 Å². The molecule has 162 valence electrons. The molecule has 4 aromatic rings. The number of pyridine rings is 1. The van der Waals surface area contributed by atoms with E-state index in [0.717, 1.165) is 27.6 Å². The van der Waals surface area contributed by atoms with Gasteiger partial charge in [0.15, 0.2) is 0 Å². The summed E-state index contributed by atoms with van der Waals surface area (Å²) in [4.78, 5) is 16.8. The van der Waals surface area contributed by atoms with E-state index in [1.54, 1.807) is 31.2 Å². The molecule has 0 radical (unpaired) electrons. The number of aliphatic hydroxyl groups is 1. The molecule has 1 atom stereocenters. The fraction of sp³-hybridized carbons (Fsp3) is 0.154. The average molecular weight is 447 g/mol. The first-order valence-corrected chi connectivity index (χ1v) is 10.7. The van der Waals surface area contributed by atoms with Gasteiger partial charge >= 0.3 is 0 Å². The van der Waals surface area contributed by atoms with Crippen LogP contribution in [0.4, 0.5) is 0 Å². The number of rotatable bonds is 6. The Morgan fingerprint density at radius 3 is 2.59 bits per heavy atom. The first kappa shape index (κ1) is 21.8. The maximum atomic E-state index is 12.3. The van der Waals surface area contributed by atoms with Gasteiger partial charge in [-0.2, -0.15) is 0 Å². The van der Waals surface area contributed by atoms with E-state index in [-0.39, 0.29) is 12.5 Å². The Morgan fingerprint density at radius 1 is 1.09 bits per heavy atom. The molecule has 0 bridgehead atoms. The minimum Gasteiger partial charge on any atom is -0.457 e. The summed E-state index contributed by atoms with van der Waals surface area (Å²) in [6.45, 7) is 3.83. The van der Waals surface area contributed by atoms with Gasteiger partial charge in [0.05, 0.1) is 16.6 Å². The van der Waals surface area contributed by atoms with Crippen molar-refractivity contribution in [2.75, 3.05) is 6.54 Å².